The molecule has 0 fully saturated rings. The van der Waals surface area contributed by atoms with Crippen LogP contribution in [0.4, 0.5) is 0 Å². The summed E-state index contributed by atoms with van der Waals surface area (Å²) < 4.78 is 32.0. The van der Waals surface area contributed by atoms with Crippen molar-refractivity contribution < 1.29 is 13.2 Å². The van der Waals surface area contributed by atoms with Crippen molar-refractivity contribution >= 4 is 51.6 Å². The van der Waals surface area contributed by atoms with Crippen LogP contribution < -0.4 is 15.4 Å². The van der Waals surface area contributed by atoms with E-state index in [1.807, 2.05) is 30.3 Å². The lowest BCUT2D eigenvalue weighted by molar-refractivity contribution is 0.204. The number of hydrogen-bond acceptors (Lipinski definition) is 4. The van der Waals surface area contributed by atoms with Gasteiger partial charge in [-0.05, 0) is 29.3 Å². The van der Waals surface area contributed by atoms with Crippen molar-refractivity contribution in [2.75, 3.05) is 27.3 Å². The summed E-state index contributed by atoms with van der Waals surface area (Å²) >= 11 is 6.16. The van der Waals surface area contributed by atoms with Gasteiger partial charge in [-0.25, -0.2) is 13.1 Å². The first-order valence-electron chi connectivity index (χ1n) is 8.71. The Labute approximate surface area is 194 Å². The summed E-state index contributed by atoms with van der Waals surface area (Å²) in [6.45, 7) is 1.48. The number of nitrogens with zero attached hydrogens (tertiary/aromatic N) is 1. The van der Waals surface area contributed by atoms with E-state index in [0.717, 1.165) is 11.1 Å². The molecule has 0 unspecified atom stereocenters. The molecule has 0 radical (unpaired) electrons. The Morgan fingerprint density at radius 2 is 1.83 bits per heavy atom. The first kappa shape index (κ1) is 25.6. The van der Waals surface area contributed by atoms with Crippen LogP contribution in [0.1, 0.15) is 11.1 Å². The van der Waals surface area contributed by atoms with Crippen LogP contribution in [0.2, 0.25) is 5.02 Å². The number of methoxy groups -OCH3 is 1. The monoisotopic (exact) mass is 552 g/mol. The second kappa shape index (κ2) is 13.0. The number of rotatable bonds is 9. The maximum Gasteiger partial charge on any atom is 0.240 e. The standard InChI is InChI=1S/C19H25ClN4O3S.HI/c1-21-19(23-14-16-7-3-4-9-18(16)20)22-13-15-6-5-8-17(12-15)28(25,26)24-10-11-27-2;/h3-9,12,24H,10-11,13-14H2,1-2H3,(H2,21,22,23);1H. The van der Waals surface area contributed by atoms with E-state index in [-0.39, 0.29) is 35.4 Å². The third kappa shape index (κ3) is 8.47. The van der Waals surface area contributed by atoms with Gasteiger partial charge < -0.3 is 15.4 Å². The molecule has 0 aromatic heterocycles. The highest BCUT2D eigenvalue weighted by Crippen LogP contribution is 2.14. The number of sulfonamides is 1. The van der Waals surface area contributed by atoms with E-state index in [1.165, 1.54) is 7.11 Å². The minimum absolute atomic E-state index is 0. The van der Waals surface area contributed by atoms with Crippen LogP contribution in [-0.4, -0.2) is 41.7 Å². The third-order valence-corrected chi connectivity index (χ3v) is 5.72. The van der Waals surface area contributed by atoms with Crippen LogP contribution in [0.25, 0.3) is 0 Å². The molecule has 0 amide bonds. The number of halogens is 2. The molecule has 0 aliphatic rings. The maximum absolute atomic E-state index is 12.3. The summed E-state index contributed by atoms with van der Waals surface area (Å²) in [4.78, 5) is 4.39. The molecule has 0 spiro atoms. The van der Waals surface area contributed by atoms with E-state index < -0.39 is 10.0 Å². The van der Waals surface area contributed by atoms with Crippen molar-refractivity contribution in [3.8, 4) is 0 Å². The largest absolute Gasteiger partial charge is 0.383 e. The first-order valence-corrected chi connectivity index (χ1v) is 10.6. The third-order valence-electron chi connectivity index (χ3n) is 3.89. The topological polar surface area (TPSA) is 91.8 Å². The molecule has 29 heavy (non-hydrogen) atoms. The Balaban J connectivity index is 0.00000420. The van der Waals surface area contributed by atoms with E-state index in [9.17, 15) is 8.42 Å². The van der Waals surface area contributed by atoms with E-state index in [2.05, 4.69) is 20.3 Å². The molecule has 0 saturated heterocycles. The van der Waals surface area contributed by atoms with Gasteiger partial charge in [0.1, 0.15) is 0 Å². The number of benzene rings is 2. The van der Waals surface area contributed by atoms with Crippen LogP contribution in [0, 0.1) is 0 Å². The van der Waals surface area contributed by atoms with Gasteiger partial charge in [0.25, 0.3) is 0 Å². The fraction of sp³-hybridized carbons (Fsp3) is 0.316. The van der Waals surface area contributed by atoms with Crippen molar-refractivity contribution in [2.45, 2.75) is 18.0 Å². The molecule has 0 aliphatic heterocycles. The van der Waals surface area contributed by atoms with Gasteiger partial charge in [0, 0.05) is 38.8 Å². The molecule has 2 aromatic carbocycles. The summed E-state index contributed by atoms with van der Waals surface area (Å²) in [5.74, 6) is 0.589. The zero-order chi connectivity index (χ0) is 20.4. The molecule has 0 saturated carbocycles. The normalized spacial score (nSPS) is 11.6. The Morgan fingerprint density at radius 1 is 1.10 bits per heavy atom. The van der Waals surface area contributed by atoms with Crippen molar-refractivity contribution in [1.29, 1.82) is 0 Å². The van der Waals surface area contributed by atoms with E-state index in [0.29, 0.717) is 30.7 Å². The Bertz CT molecular complexity index is 910. The number of aliphatic imine (C=N–C) groups is 1. The van der Waals surface area contributed by atoms with Gasteiger partial charge in [0.15, 0.2) is 5.96 Å². The minimum Gasteiger partial charge on any atom is -0.383 e. The molecular formula is C19H26ClIN4O3S. The van der Waals surface area contributed by atoms with Crippen LogP contribution in [0.5, 0.6) is 0 Å². The highest BCUT2D eigenvalue weighted by molar-refractivity contribution is 14.0. The Hall–Kier alpha value is -1.40. The Morgan fingerprint density at radius 3 is 2.52 bits per heavy atom. The van der Waals surface area contributed by atoms with Crippen molar-refractivity contribution in [2.24, 2.45) is 4.99 Å². The van der Waals surface area contributed by atoms with Crippen LogP contribution in [-0.2, 0) is 27.8 Å². The van der Waals surface area contributed by atoms with Gasteiger partial charge >= 0.3 is 0 Å². The molecule has 0 heterocycles. The second-order valence-corrected chi connectivity index (χ2v) is 8.08. The molecule has 0 atom stereocenters. The summed E-state index contributed by atoms with van der Waals surface area (Å²) in [5, 5.41) is 7.04. The van der Waals surface area contributed by atoms with E-state index in [4.69, 9.17) is 16.3 Å². The molecule has 2 rings (SSSR count). The summed E-state index contributed by atoms with van der Waals surface area (Å²) in [5.41, 5.74) is 1.78. The second-order valence-electron chi connectivity index (χ2n) is 5.91. The van der Waals surface area contributed by atoms with Crippen LogP contribution >= 0.6 is 35.6 Å². The summed E-state index contributed by atoms with van der Waals surface area (Å²) in [6.07, 6.45) is 0. The lowest BCUT2D eigenvalue weighted by Gasteiger charge is -2.13. The van der Waals surface area contributed by atoms with Gasteiger partial charge in [-0.2, -0.15) is 0 Å². The van der Waals surface area contributed by atoms with Gasteiger partial charge in [-0.15, -0.1) is 24.0 Å². The van der Waals surface area contributed by atoms with Crippen molar-refractivity contribution in [1.82, 2.24) is 15.4 Å². The number of hydrogen-bond donors (Lipinski definition) is 3. The summed E-state index contributed by atoms with van der Waals surface area (Å²) in [7, 11) is -0.378. The first-order chi connectivity index (χ1) is 13.5. The van der Waals surface area contributed by atoms with E-state index in [1.54, 1.807) is 25.2 Å². The quantitative estimate of drug-likeness (QED) is 0.193. The van der Waals surface area contributed by atoms with Gasteiger partial charge in [0.2, 0.25) is 10.0 Å². The lowest BCUT2D eigenvalue weighted by Crippen LogP contribution is -2.36. The highest BCUT2D eigenvalue weighted by atomic mass is 127. The zero-order valence-electron chi connectivity index (χ0n) is 16.3. The molecule has 0 bridgehead atoms. The predicted molar refractivity (Wildman–Crippen MR) is 127 cm³/mol. The van der Waals surface area contributed by atoms with Crippen LogP contribution in [0.3, 0.4) is 0 Å². The van der Waals surface area contributed by atoms with Crippen molar-refractivity contribution in [3.05, 3.63) is 64.7 Å². The maximum atomic E-state index is 12.3. The number of guanidine groups is 1. The van der Waals surface area contributed by atoms with Gasteiger partial charge in [-0.1, -0.05) is 41.9 Å². The predicted octanol–water partition coefficient (Wildman–Crippen LogP) is 2.75. The Kier molecular flexibility index (Phi) is 11.5. The molecule has 2 aromatic rings. The lowest BCUT2D eigenvalue weighted by atomic mass is 10.2. The van der Waals surface area contributed by atoms with Crippen LogP contribution in [0.15, 0.2) is 58.4 Å². The molecule has 10 heteroatoms. The van der Waals surface area contributed by atoms with Gasteiger partial charge in [-0.3, -0.25) is 4.99 Å². The fourth-order valence-electron chi connectivity index (χ4n) is 2.41. The number of ether oxygens (including phenoxy) is 1. The average molecular weight is 553 g/mol. The van der Waals surface area contributed by atoms with Gasteiger partial charge in [0.05, 0.1) is 11.5 Å². The highest BCUT2D eigenvalue weighted by Gasteiger charge is 2.13. The van der Waals surface area contributed by atoms with Crippen molar-refractivity contribution in [3.63, 3.8) is 0 Å². The average Bonchev–Trinajstić information content (AvgIpc) is 2.69. The molecule has 0 aliphatic carbocycles. The molecular weight excluding hydrogens is 527 g/mol. The molecule has 7 nitrogen and oxygen atoms in total. The number of nitrogens with one attached hydrogen (secondary N) is 3. The molecule has 3 N–H and O–H groups in total. The SMILES string of the molecule is CN=C(NCc1cccc(S(=O)(=O)NCCOC)c1)NCc1ccccc1Cl.I. The minimum atomic E-state index is -3.57. The van der Waals surface area contributed by atoms with E-state index >= 15 is 0 Å². The zero-order valence-corrected chi connectivity index (χ0v) is 20.2. The summed E-state index contributed by atoms with van der Waals surface area (Å²) in [6, 6.07) is 14.3. The smallest absolute Gasteiger partial charge is 0.240 e. The molecule has 160 valence electrons. The fourth-order valence-corrected chi connectivity index (χ4v) is 3.70.